The van der Waals surface area contributed by atoms with Crippen LogP contribution in [0, 0.1) is 0 Å². The summed E-state index contributed by atoms with van der Waals surface area (Å²) in [7, 11) is 0. The SMILES string of the molecule is NNc1nc(N2CCOCC2)nc2nc[nH]c12. The monoisotopic (exact) mass is 235 g/mol. The van der Waals surface area contributed by atoms with E-state index in [1.165, 1.54) is 0 Å². The molecular weight excluding hydrogens is 222 g/mol. The number of hydrogen-bond donors (Lipinski definition) is 3. The normalized spacial score (nSPS) is 16.4. The van der Waals surface area contributed by atoms with Crippen LogP contribution in [-0.4, -0.2) is 46.2 Å². The molecule has 0 aromatic carbocycles. The molecule has 3 heterocycles. The zero-order valence-corrected chi connectivity index (χ0v) is 9.18. The van der Waals surface area contributed by atoms with Gasteiger partial charge in [0.05, 0.1) is 19.5 Å². The van der Waals surface area contributed by atoms with Gasteiger partial charge in [0.1, 0.15) is 5.52 Å². The minimum Gasteiger partial charge on any atom is -0.378 e. The van der Waals surface area contributed by atoms with Crippen molar-refractivity contribution in [2.75, 3.05) is 36.6 Å². The molecule has 1 aliphatic heterocycles. The summed E-state index contributed by atoms with van der Waals surface area (Å²) in [6.45, 7) is 2.93. The Kier molecular flexibility index (Phi) is 2.50. The third kappa shape index (κ3) is 1.77. The maximum atomic E-state index is 5.44. The topological polar surface area (TPSA) is 105 Å². The molecule has 0 unspecified atom stereocenters. The fourth-order valence-corrected chi connectivity index (χ4v) is 1.83. The Morgan fingerprint density at radius 2 is 2.18 bits per heavy atom. The molecule has 0 spiro atoms. The van der Waals surface area contributed by atoms with Crippen LogP contribution in [0.1, 0.15) is 0 Å². The highest BCUT2D eigenvalue weighted by molar-refractivity contribution is 5.83. The first-order valence-corrected chi connectivity index (χ1v) is 5.39. The van der Waals surface area contributed by atoms with E-state index >= 15 is 0 Å². The number of rotatable bonds is 2. The maximum absolute atomic E-state index is 5.44. The molecule has 2 aromatic rings. The van der Waals surface area contributed by atoms with Crippen molar-refractivity contribution < 1.29 is 4.74 Å². The van der Waals surface area contributed by atoms with E-state index in [9.17, 15) is 0 Å². The van der Waals surface area contributed by atoms with Crippen LogP contribution >= 0.6 is 0 Å². The van der Waals surface area contributed by atoms with Crippen LogP contribution in [0.5, 0.6) is 0 Å². The van der Waals surface area contributed by atoms with E-state index < -0.39 is 0 Å². The lowest BCUT2D eigenvalue weighted by Crippen LogP contribution is -2.37. The second-order valence-corrected chi connectivity index (χ2v) is 3.72. The molecule has 0 atom stereocenters. The van der Waals surface area contributed by atoms with E-state index in [2.05, 4.69) is 30.3 Å². The minimum atomic E-state index is 0.550. The van der Waals surface area contributed by atoms with Crippen LogP contribution in [0.25, 0.3) is 11.2 Å². The van der Waals surface area contributed by atoms with Crippen LogP contribution in [0.4, 0.5) is 11.8 Å². The molecule has 2 aromatic heterocycles. The second kappa shape index (κ2) is 4.15. The molecule has 8 nitrogen and oxygen atoms in total. The van der Waals surface area contributed by atoms with Crippen molar-refractivity contribution in [1.29, 1.82) is 0 Å². The molecule has 1 aliphatic rings. The highest BCUT2D eigenvalue weighted by Crippen LogP contribution is 2.20. The minimum absolute atomic E-state index is 0.550. The molecule has 90 valence electrons. The smallest absolute Gasteiger partial charge is 0.229 e. The van der Waals surface area contributed by atoms with Crippen molar-refractivity contribution in [2.24, 2.45) is 5.84 Å². The summed E-state index contributed by atoms with van der Waals surface area (Å²) in [5.74, 6) is 6.62. The molecule has 17 heavy (non-hydrogen) atoms. The summed E-state index contributed by atoms with van der Waals surface area (Å²) in [6, 6.07) is 0. The predicted molar refractivity (Wildman–Crippen MR) is 62.5 cm³/mol. The number of H-pyrrole nitrogens is 1. The molecule has 0 amide bonds. The Morgan fingerprint density at radius 1 is 1.35 bits per heavy atom. The van der Waals surface area contributed by atoms with Gasteiger partial charge in [-0.1, -0.05) is 0 Å². The molecule has 8 heteroatoms. The van der Waals surface area contributed by atoms with Crippen LogP contribution in [0.3, 0.4) is 0 Å². The van der Waals surface area contributed by atoms with Crippen LogP contribution in [0.2, 0.25) is 0 Å². The van der Waals surface area contributed by atoms with Gasteiger partial charge in [0.25, 0.3) is 0 Å². The van der Waals surface area contributed by atoms with Gasteiger partial charge in [0, 0.05) is 13.1 Å². The van der Waals surface area contributed by atoms with E-state index in [-0.39, 0.29) is 0 Å². The third-order valence-electron chi connectivity index (χ3n) is 2.70. The highest BCUT2D eigenvalue weighted by atomic mass is 16.5. The Labute approximate surface area is 97.2 Å². The average Bonchev–Trinajstić information content (AvgIpc) is 2.86. The van der Waals surface area contributed by atoms with Crippen molar-refractivity contribution >= 4 is 22.9 Å². The number of morpholine rings is 1. The highest BCUT2D eigenvalue weighted by Gasteiger charge is 2.17. The first-order valence-electron chi connectivity index (χ1n) is 5.39. The summed E-state index contributed by atoms with van der Waals surface area (Å²) in [5, 5.41) is 0. The molecule has 0 saturated carbocycles. The van der Waals surface area contributed by atoms with Gasteiger partial charge in [0.2, 0.25) is 5.95 Å². The summed E-state index contributed by atoms with van der Waals surface area (Å²) in [5.41, 5.74) is 3.87. The largest absolute Gasteiger partial charge is 0.378 e. The van der Waals surface area contributed by atoms with Crippen LogP contribution in [-0.2, 0) is 4.74 Å². The molecule has 0 radical (unpaired) electrons. The molecule has 3 rings (SSSR count). The molecule has 0 aliphatic carbocycles. The van der Waals surface area contributed by atoms with Gasteiger partial charge < -0.3 is 20.0 Å². The zero-order chi connectivity index (χ0) is 11.7. The first-order chi connectivity index (χ1) is 8.38. The van der Waals surface area contributed by atoms with Crippen molar-refractivity contribution in [3.05, 3.63) is 6.33 Å². The lowest BCUT2D eigenvalue weighted by atomic mass is 10.4. The third-order valence-corrected chi connectivity index (χ3v) is 2.70. The number of ether oxygens (including phenoxy) is 1. The number of nitrogens with zero attached hydrogens (tertiary/aromatic N) is 4. The number of fused-ring (bicyclic) bond motifs is 1. The average molecular weight is 235 g/mol. The quantitative estimate of drug-likeness (QED) is 0.475. The maximum Gasteiger partial charge on any atom is 0.229 e. The standard InChI is InChI=1S/C9H13N7O/c10-15-8-6-7(12-5-11-6)13-9(14-8)16-1-3-17-4-2-16/h5H,1-4,10H2,(H2,11,12,13,14,15). The predicted octanol–water partition coefficient (Wildman–Crippen LogP) is -0.525. The first kappa shape index (κ1) is 10.2. The summed E-state index contributed by atoms with van der Waals surface area (Å²) in [4.78, 5) is 17.9. The Hall–Kier alpha value is -1.93. The molecule has 1 fully saturated rings. The Morgan fingerprint density at radius 3 is 2.94 bits per heavy atom. The van der Waals surface area contributed by atoms with E-state index in [1.807, 2.05) is 0 Å². The van der Waals surface area contributed by atoms with Crippen LogP contribution in [0.15, 0.2) is 6.33 Å². The molecular formula is C9H13N7O. The van der Waals surface area contributed by atoms with Crippen molar-refractivity contribution in [1.82, 2.24) is 19.9 Å². The van der Waals surface area contributed by atoms with Crippen molar-refractivity contribution in [3.63, 3.8) is 0 Å². The van der Waals surface area contributed by atoms with E-state index in [0.717, 1.165) is 13.1 Å². The van der Waals surface area contributed by atoms with Gasteiger partial charge in [-0.3, -0.25) is 0 Å². The second-order valence-electron chi connectivity index (χ2n) is 3.72. The number of anilines is 2. The van der Waals surface area contributed by atoms with Gasteiger partial charge in [0.15, 0.2) is 11.5 Å². The number of nitrogens with one attached hydrogen (secondary N) is 2. The number of hydrazine groups is 1. The van der Waals surface area contributed by atoms with Gasteiger partial charge in [-0.15, -0.1) is 0 Å². The molecule has 4 N–H and O–H groups in total. The van der Waals surface area contributed by atoms with Crippen LogP contribution < -0.4 is 16.2 Å². The van der Waals surface area contributed by atoms with E-state index in [0.29, 0.717) is 36.1 Å². The Balaban J connectivity index is 2.03. The van der Waals surface area contributed by atoms with E-state index in [1.54, 1.807) is 6.33 Å². The number of aromatic nitrogens is 4. The lowest BCUT2D eigenvalue weighted by molar-refractivity contribution is 0.122. The summed E-state index contributed by atoms with van der Waals surface area (Å²) < 4.78 is 5.29. The number of nitrogen functional groups attached to an aromatic ring is 1. The number of aromatic amines is 1. The van der Waals surface area contributed by atoms with Gasteiger partial charge >= 0.3 is 0 Å². The Bertz CT molecular complexity index is 519. The summed E-state index contributed by atoms with van der Waals surface area (Å²) in [6.07, 6.45) is 1.57. The number of nitrogens with two attached hydrogens (primary N) is 1. The molecule has 1 saturated heterocycles. The van der Waals surface area contributed by atoms with Gasteiger partial charge in [-0.05, 0) is 0 Å². The zero-order valence-electron chi connectivity index (χ0n) is 9.18. The van der Waals surface area contributed by atoms with Crippen molar-refractivity contribution in [3.8, 4) is 0 Å². The summed E-state index contributed by atoms with van der Waals surface area (Å²) >= 11 is 0. The lowest BCUT2D eigenvalue weighted by Gasteiger charge is -2.26. The number of hydrogen-bond acceptors (Lipinski definition) is 7. The number of imidazole rings is 1. The van der Waals surface area contributed by atoms with Gasteiger partial charge in [-0.2, -0.15) is 9.97 Å². The molecule has 0 bridgehead atoms. The van der Waals surface area contributed by atoms with E-state index in [4.69, 9.17) is 10.6 Å². The van der Waals surface area contributed by atoms with Gasteiger partial charge in [-0.25, -0.2) is 10.8 Å². The fraction of sp³-hybridized carbons (Fsp3) is 0.444. The fourth-order valence-electron chi connectivity index (χ4n) is 1.83. The van der Waals surface area contributed by atoms with Crippen molar-refractivity contribution in [2.45, 2.75) is 0 Å².